The zero-order valence-electron chi connectivity index (χ0n) is 8.77. The zero-order chi connectivity index (χ0) is 12.1. The number of allylic oxidation sites excluding steroid dienone is 1. The van der Waals surface area contributed by atoms with E-state index in [1.807, 2.05) is 0 Å². The molecule has 0 atom stereocenters. The first kappa shape index (κ1) is 11.5. The highest BCUT2D eigenvalue weighted by molar-refractivity contribution is 9.10. The van der Waals surface area contributed by atoms with Crippen molar-refractivity contribution in [1.82, 2.24) is 0 Å². The van der Waals surface area contributed by atoms with Crippen LogP contribution in [-0.2, 0) is 10.7 Å². The Bertz CT molecular complexity index is 518. The molecule has 1 aromatic carbocycles. The van der Waals surface area contributed by atoms with Crippen molar-refractivity contribution in [2.75, 3.05) is 0 Å². The minimum atomic E-state index is -3.40. The fraction of sp³-hybridized carbons (Fsp3) is 0.250. The van der Waals surface area contributed by atoms with Gasteiger partial charge in [-0.05, 0) is 42.7 Å². The Kier molecular flexibility index (Phi) is 2.49. The Balaban J connectivity index is 2.83. The predicted octanol–water partition coefficient (Wildman–Crippen LogP) is 3.75. The molecule has 0 saturated heterocycles. The van der Waals surface area contributed by atoms with Crippen molar-refractivity contribution in [2.24, 2.45) is 0 Å². The molecule has 0 heterocycles. The van der Waals surface area contributed by atoms with Gasteiger partial charge >= 0.3 is 5.92 Å². The highest BCUT2D eigenvalue weighted by atomic mass is 79.9. The predicted molar refractivity (Wildman–Crippen MR) is 61.6 cm³/mol. The molecule has 0 bridgehead atoms. The Morgan fingerprint density at radius 3 is 2.44 bits per heavy atom. The third kappa shape index (κ3) is 1.44. The summed E-state index contributed by atoms with van der Waals surface area (Å²) in [6, 6.07) is 1.62. The lowest BCUT2D eigenvalue weighted by Gasteiger charge is -2.23. The van der Waals surface area contributed by atoms with E-state index in [1.165, 1.54) is 6.08 Å². The molecular formula is C12H9BrF2O. The molecule has 0 fully saturated rings. The molecule has 0 aliphatic heterocycles. The number of halogens is 3. The molecule has 0 N–H and O–H groups in total. The second kappa shape index (κ2) is 3.48. The molecule has 1 aliphatic rings. The second-order valence-electron chi connectivity index (χ2n) is 3.84. The van der Waals surface area contributed by atoms with E-state index >= 15 is 0 Å². The maximum atomic E-state index is 13.7. The highest BCUT2D eigenvalue weighted by Crippen LogP contribution is 2.41. The highest BCUT2D eigenvalue weighted by Gasteiger charge is 2.44. The molecule has 1 aliphatic carbocycles. The van der Waals surface area contributed by atoms with Crippen LogP contribution in [0.2, 0.25) is 0 Å². The number of alkyl halides is 2. The fourth-order valence-corrected chi connectivity index (χ4v) is 2.39. The number of hydrogen-bond donors (Lipinski definition) is 0. The monoisotopic (exact) mass is 286 g/mol. The lowest BCUT2D eigenvalue weighted by Crippen LogP contribution is -2.29. The summed E-state index contributed by atoms with van der Waals surface area (Å²) in [5.41, 5.74) is 1.44. The molecule has 0 radical (unpaired) electrons. The molecule has 0 aromatic heterocycles. The minimum absolute atomic E-state index is 0.166. The molecule has 0 spiro atoms. The molecule has 1 nitrogen and oxygen atoms in total. The van der Waals surface area contributed by atoms with Gasteiger partial charge in [0.1, 0.15) is 0 Å². The zero-order valence-corrected chi connectivity index (χ0v) is 10.4. The third-order valence-corrected chi connectivity index (χ3v) is 3.73. The van der Waals surface area contributed by atoms with Gasteiger partial charge in [0.2, 0.25) is 5.78 Å². The lowest BCUT2D eigenvalue weighted by atomic mass is 9.87. The van der Waals surface area contributed by atoms with Gasteiger partial charge in [-0.25, -0.2) is 0 Å². The normalized spacial score (nSPS) is 17.4. The number of benzene rings is 1. The van der Waals surface area contributed by atoms with Crippen LogP contribution in [0.15, 0.2) is 16.6 Å². The van der Waals surface area contributed by atoms with E-state index in [4.69, 9.17) is 0 Å². The Morgan fingerprint density at radius 2 is 1.81 bits per heavy atom. The van der Waals surface area contributed by atoms with Crippen LogP contribution in [0, 0.1) is 13.8 Å². The van der Waals surface area contributed by atoms with Gasteiger partial charge in [-0.3, -0.25) is 4.79 Å². The average Bonchev–Trinajstić information content (AvgIpc) is 2.20. The first-order chi connectivity index (χ1) is 7.35. The smallest absolute Gasteiger partial charge is 0.288 e. The molecule has 0 amide bonds. The summed E-state index contributed by atoms with van der Waals surface area (Å²) in [5.74, 6) is -4.55. The molecule has 2 rings (SSSR count). The molecule has 84 valence electrons. The van der Waals surface area contributed by atoms with Crippen molar-refractivity contribution >= 4 is 27.8 Å². The largest absolute Gasteiger partial charge is 0.335 e. The van der Waals surface area contributed by atoms with Crippen molar-refractivity contribution < 1.29 is 13.6 Å². The Hall–Kier alpha value is -1.03. The van der Waals surface area contributed by atoms with E-state index in [-0.39, 0.29) is 5.56 Å². The van der Waals surface area contributed by atoms with Crippen LogP contribution in [-0.4, -0.2) is 5.78 Å². The van der Waals surface area contributed by atoms with E-state index in [0.717, 1.165) is 16.1 Å². The maximum Gasteiger partial charge on any atom is 0.335 e. The number of hydrogen-bond acceptors (Lipinski definition) is 1. The number of fused-ring (bicyclic) bond motifs is 1. The second-order valence-corrected chi connectivity index (χ2v) is 4.70. The average molecular weight is 287 g/mol. The van der Waals surface area contributed by atoms with Crippen molar-refractivity contribution in [3.8, 4) is 0 Å². The van der Waals surface area contributed by atoms with E-state index in [9.17, 15) is 13.6 Å². The van der Waals surface area contributed by atoms with Gasteiger partial charge in [0.25, 0.3) is 0 Å². The van der Waals surface area contributed by atoms with Crippen LogP contribution in [0.25, 0.3) is 6.08 Å². The fourth-order valence-electron chi connectivity index (χ4n) is 1.84. The summed E-state index contributed by atoms with van der Waals surface area (Å²) in [4.78, 5) is 11.2. The van der Waals surface area contributed by atoms with E-state index in [0.29, 0.717) is 11.1 Å². The van der Waals surface area contributed by atoms with Gasteiger partial charge in [0.15, 0.2) is 0 Å². The van der Waals surface area contributed by atoms with Crippen molar-refractivity contribution in [3.05, 3.63) is 38.9 Å². The lowest BCUT2D eigenvalue weighted by molar-refractivity contribution is -0.139. The quantitative estimate of drug-likeness (QED) is 0.710. The minimum Gasteiger partial charge on any atom is -0.288 e. The summed E-state index contributed by atoms with van der Waals surface area (Å²) in [7, 11) is 0. The summed E-state index contributed by atoms with van der Waals surface area (Å²) >= 11 is 3.31. The molecule has 0 unspecified atom stereocenters. The van der Waals surface area contributed by atoms with Gasteiger partial charge < -0.3 is 0 Å². The Labute approximate surface area is 100 Å². The molecule has 16 heavy (non-hydrogen) atoms. The van der Waals surface area contributed by atoms with E-state index in [2.05, 4.69) is 15.9 Å². The number of carbonyl (C=O) groups is 1. The standard InChI is InChI=1S/C12H9BrF2O/c1-6-7(2)11-8(5-9(6)13)3-4-10(16)12(11,14)15/h3-5H,1-2H3. The van der Waals surface area contributed by atoms with Gasteiger partial charge in [-0.1, -0.05) is 22.0 Å². The Morgan fingerprint density at radius 1 is 1.19 bits per heavy atom. The maximum absolute atomic E-state index is 13.7. The van der Waals surface area contributed by atoms with Crippen LogP contribution < -0.4 is 0 Å². The van der Waals surface area contributed by atoms with Gasteiger partial charge in [0, 0.05) is 10.0 Å². The van der Waals surface area contributed by atoms with Crippen LogP contribution in [0.4, 0.5) is 8.78 Å². The number of carbonyl (C=O) groups excluding carboxylic acids is 1. The number of rotatable bonds is 0. The molecule has 0 saturated carbocycles. The van der Waals surface area contributed by atoms with Crippen LogP contribution in [0.5, 0.6) is 0 Å². The van der Waals surface area contributed by atoms with Gasteiger partial charge in [-0.15, -0.1) is 0 Å². The molecule has 4 heteroatoms. The van der Waals surface area contributed by atoms with Crippen molar-refractivity contribution in [2.45, 2.75) is 19.8 Å². The van der Waals surface area contributed by atoms with Crippen LogP contribution in [0.3, 0.4) is 0 Å². The first-order valence-corrected chi connectivity index (χ1v) is 5.55. The first-order valence-electron chi connectivity index (χ1n) is 4.76. The molecular weight excluding hydrogens is 278 g/mol. The number of ketones is 1. The summed E-state index contributed by atoms with van der Waals surface area (Å²) in [6.45, 7) is 3.36. The van der Waals surface area contributed by atoms with Crippen LogP contribution in [0.1, 0.15) is 22.3 Å². The third-order valence-electron chi connectivity index (χ3n) is 2.90. The summed E-state index contributed by atoms with van der Waals surface area (Å²) in [5, 5.41) is 0. The van der Waals surface area contributed by atoms with Crippen LogP contribution >= 0.6 is 15.9 Å². The topological polar surface area (TPSA) is 17.1 Å². The van der Waals surface area contributed by atoms with E-state index < -0.39 is 11.7 Å². The summed E-state index contributed by atoms with van der Waals surface area (Å²) < 4.78 is 28.3. The molecule has 1 aromatic rings. The van der Waals surface area contributed by atoms with E-state index in [1.54, 1.807) is 19.9 Å². The van der Waals surface area contributed by atoms with Crippen molar-refractivity contribution in [3.63, 3.8) is 0 Å². The summed E-state index contributed by atoms with van der Waals surface area (Å²) in [6.07, 6.45) is 2.37. The van der Waals surface area contributed by atoms with Gasteiger partial charge in [-0.2, -0.15) is 8.78 Å². The van der Waals surface area contributed by atoms with Crippen molar-refractivity contribution in [1.29, 1.82) is 0 Å². The van der Waals surface area contributed by atoms with Gasteiger partial charge in [0.05, 0.1) is 0 Å². The SMILES string of the molecule is Cc1c(Br)cc2c(c1C)C(F)(F)C(=O)C=C2.